The third-order valence-electron chi connectivity index (χ3n) is 4.93. The molecule has 1 amide bonds. The predicted molar refractivity (Wildman–Crippen MR) is 82.4 cm³/mol. The zero-order valence-corrected chi connectivity index (χ0v) is 13.3. The first kappa shape index (κ1) is 15.5. The molecule has 0 radical (unpaired) electrons. The number of hydrogen-bond donors (Lipinski definition) is 2. The van der Waals surface area contributed by atoms with Crippen LogP contribution in [-0.4, -0.2) is 35.2 Å². The van der Waals surface area contributed by atoms with Crippen molar-refractivity contribution in [2.24, 2.45) is 5.92 Å². The molecule has 1 aliphatic heterocycles. The number of carbonyl (C=O) groups excluding carboxylic acids is 1. The number of hydrogen-bond acceptors (Lipinski definition) is 5. The smallest absolute Gasteiger partial charge is 0.229 e. The third kappa shape index (κ3) is 4.06. The topological polar surface area (TPSA) is 80.0 Å². The standard InChI is InChI=1S/C16H26N4O2/c1-11-18-16(22-20-11)13-3-5-14(6-4-13)19-15(21)7-2-12-8-9-17-10-12/h12-14,17H,2-10H2,1H3,(H,19,21). The minimum Gasteiger partial charge on any atom is -0.353 e. The number of nitrogens with zero attached hydrogens (tertiary/aromatic N) is 2. The van der Waals surface area contributed by atoms with Crippen LogP contribution in [-0.2, 0) is 4.79 Å². The van der Waals surface area contributed by atoms with Crippen molar-refractivity contribution >= 4 is 5.91 Å². The van der Waals surface area contributed by atoms with Gasteiger partial charge in [-0.25, -0.2) is 0 Å². The molecule has 0 aromatic carbocycles. The highest BCUT2D eigenvalue weighted by Gasteiger charge is 2.27. The van der Waals surface area contributed by atoms with Gasteiger partial charge in [-0.05, 0) is 64.5 Å². The average molecular weight is 306 g/mol. The lowest BCUT2D eigenvalue weighted by Gasteiger charge is -2.27. The fourth-order valence-electron chi connectivity index (χ4n) is 3.56. The van der Waals surface area contributed by atoms with E-state index in [9.17, 15) is 4.79 Å². The zero-order chi connectivity index (χ0) is 15.4. The van der Waals surface area contributed by atoms with E-state index in [1.165, 1.54) is 6.42 Å². The lowest BCUT2D eigenvalue weighted by Crippen LogP contribution is -2.37. The largest absolute Gasteiger partial charge is 0.353 e. The van der Waals surface area contributed by atoms with E-state index in [1.54, 1.807) is 0 Å². The van der Waals surface area contributed by atoms with E-state index in [4.69, 9.17) is 4.52 Å². The highest BCUT2D eigenvalue weighted by Crippen LogP contribution is 2.31. The Bertz CT molecular complexity index is 488. The Labute approximate surface area is 131 Å². The van der Waals surface area contributed by atoms with Gasteiger partial charge >= 0.3 is 0 Å². The fourth-order valence-corrected chi connectivity index (χ4v) is 3.56. The second kappa shape index (κ2) is 7.22. The van der Waals surface area contributed by atoms with Crippen LogP contribution in [0.5, 0.6) is 0 Å². The van der Waals surface area contributed by atoms with Crippen LogP contribution in [0, 0.1) is 12.8 Å². The molecule has 2 aliphatic rings. The number of nitrogens with one attached hydrogen (secondary N) is 2. The first-order valence-electron chi connectivity index (χ1n) is 8.51. The molecule has 0 bridgehead atoms. The fraction of sp³-hybridized carbons (Fsp3) is 0.812. The molecule has 1 aromatic heterocycles. The maximum absolute atomic E-state index is 12.1. The molecule has 1 unspecified atom stereocenters. The lowest BCUT2D eigenvalue weighted by molar-refractivity contribution is -0.122. The van der Waals surface area contributed by atoms with Crippen molar-refractivity contribution in [2.45, 2.75) is 63.8 Å². The van der Waals surface area contributed by atoms with Gasteiger partial charge in [0.05, 0.1) is 0 Å². The van der Waals surface area contributed by atoms with E-state index in [-0.39, 0.29) is 5.91 Å². The van der Waals surface area contributed by atoms with Crippen LogP contribution in [0.2, 0.25) is 0 Å². The van der Waals surface area contributed by atoms with E-state index in [0.29, 0.717) is 30.1 Å². The van der Waals surface area contributed by atoms with Crippen molar-refractivity contribution in [3.8, 4) is 0 Å². The monoisotopic (exact) mass is 306 g/mol. The normalized spacial score (nSPS) is 28.7. The summed E-state index contributed by atoms with van der Waals surface area (Å²) >= 11 is 0. The summed E-state index contributed by atoms with van der Waals surface area (Å²) < 4.78 is 5.26. The molecular formula is C16H26N4O2. The summed E-state index contributed by atoms with van der Waals surface area (Å²) in [4.78, 5) is 16.4. The Morgan fingerprint density at radius 2 is 2.14 bits per heavy atom. The van der Waals surface area contributed by atoms with Crippen LogP contribution < -0.4 is 10.6 Å². The highest BCUT2D eigenvalue weighted by molar-refractivity contribution is 5.76. The summed E-state index contributed by atoms with van der Waals surface area (Å²) in [5.41, 5.74) is 0. The van der Waals surface area contributed by atoms with Gasteiger partial charge in [0.1, 0.15) is 0 Å². The van der Waals surface area contributed by atoms with Crippen molar-refractivity contribution < 1.29 is 9.32 Å². The van der Waals surface area contributed by atoms with Crippen molar-refractivity contribution in [1.29, 1.82) is 0 Å². The summed E-state index contributed by atoms with van der Waals surface area (Å²) in [5, 5.41) is 10.4. The Balaban J connectivity index is 1.37. The average Bonchev–Trinajstić information content (AvgIpc) is 3.17. The van der Waals surface area contributed by atoms with Crippen molar-refractivity contribution in [2.75, 3.05) is 13.1 Å². The van der Waals surface area contributed by atoms with Gasteiger partial charge in [-0.15, -0.1) is 0 Å². The van der Waals surface area contributed by atoms with E-state index in [0.717, 1.165) is 51.1 Å². The zero-order valence-electron chi connectivity index (χ0n) is 13.3. The summed E-state index contributed by atoms with van der Waals surface area (Å²) in [7, 11) is 0. The Hall–Kier alpha value is -1.43. The number of rotatable bonds is 5. The molecule has 1 saturated heterocycles. The third-order valence-corrected chi connectivity index (χ3v) is 4.93. The summed E-state index contributed by atoms with van der Waals surface area (Å²) in [6.07, 6.45) is 6.91. The maximum atomic E-state index is 12.1. The molecule has 1 saturated carbocycles. The van der Waals surface area contributed by atoms with Crippen LogP contribution in [0.25, 0.3) is 0 Å². The van der Waals surface area contributed by atoms with Gasteiger partial charge in [0.15, 0.2) is 5.82 Å². The number of aromatic nitrogens is 2. The second-order valence-electron chi connectivity index (χ2n) is 6.69. The van der Waals surface area contributed by atoms with Gasteiger partial charge < -0.3 is 15.2 Å². The molecule has 1 aromatic rings. The van der Waals surface area contributed by atoms with E-state index in [1.807, 2.05) is 6.92 Å². The molecular weight excluding hydrogens is 280 g/mol. The highest BCUT2D eigenvalue weighted by atomic mass is 16.5. The minimum absolute atomic E-state index is 0.212. The second-order valence-corrected chi connectivity index (χ2v) is 6.69. The van der Waals surface area contributed by atoms with Crippen LogP contribution in [0.15, 0.2) is 4.52 Å². The van der Waals surface area contributed by atoms with Crippen molar-refractivity contribution in [3.63, 3.8) is 0 Å². The van der Waals surface area contributed by atoms with Crippen LogP contribution >= 0.6 is 0 Å². The van der Waals surface area contributed by atoms with Crippen LogP contribution in [0.1, 0.15) is 62.6 Å². The van der Waals surface area contributed by atoms with Crippen LogP contribution in [0.4, 0.5) is 0 Å². The SMILES string of the molecule is Cc1noc(C2CCC(NC(=O)CCC3CCNC3)CC2)n1. The van der Waals surface area contributed by atoms with Gasteiger partial charge in [0, 0.05) is 18.4 Å². The summed E-state index contributed by atoms with van der Waals surface area (Å²) in [6.45, 7) is 4.02. The molecule has 6 nitrogen and oxygen atoms in total. The Kier molecular flexibility index (Phi) is 5.08. The summed E-state index contributed by atoms with van der Waals surface area (Å²) in [6, 6.07) is 0.314. The number of carbonyl (C=O) groups is 1. The molecule has 2 heterocycles. The molecule has 2 fully saturated rings. The maximum Gasteiger partial charge on any atom is 0.229 e. The van der Waals surface area contributed by atoms with Gasteiger partial charge in [0.25, 0.3) is 0 Å². The van der Waals surface area contributed by atoms with Gasteiger partial charge in [0.2, 0.25) is 11.8 Å². The Morgan fingerprint density at radius 3 is 2.77 bits per heavy atom. The Morgan fingerprint density at radius 1 is 1.32 bits per heavy atom. The predicted octanol–water partition coefficient (Wildman–Crippen LogP) is 1.91. The quantitative estimate of drug-likeness (QED) is 0.868. The van der Waals surface area contributed by atoms with Crippen LogP contribution in [0.3, 0.4) is 0 Å². The minimum atomic E-state index is 0.212. The molecule has 2 N–H and O–H groups in total. The van der Waals surface area contributed by atoms with E-state index < -0.39 is 0 Å². The number of aryl methyl sites for hydroxylation is 1. The summed E-state index contributed by atoms with van der Waals surface area (Å²) in [5.74, 6) is 2.72. The van der Waals surface area contributed by atoms with Gasteiger partial charge in [-0.1, -0.05) is 5.16 Å². The van der Waals surface area contributed by atoms with E-state index in [2.05, 4.69) is 20.8 Å². The molecule has 6 heteroatoms. The number of amides is 1. The molecule has 122 valence electrons. The van der Waals surface area contributed by atoms with Crippen molar-refractivity contribution in [1.82, 2.24) is 20.8 Å². The molecule has 3 rings (SSSR count). The molecule has 1 atom stereocenters. The molecule has 22 heavy (non-hydrogen) atoms. The van der Waals surface area contributed by atoms with E-state index >= 15 is 0 Å². The molecule has 1 aliphatic carbocycles. The van der Waals surface area contributed by atoms with Crippen molar-refractivity contribution in [3.05, 3.63) is 11.7 Å². The first-order valence-corrected chi connectivity index (χ1v) is 8.51. The van der Waals surface area contributed by atoms with Gasteiger partial charge in [-0.2, -0.15) is 4.98 Å². The lowest BCUT2D eigenvalue weighted by atomic mass is 9.86. The molecule has 0 spiro atoms. The van der Waals surface area contributed by atoms with Gasteiger partial charge in [-0.3, -0.25) is 4.79 Å². The first-order chi connectivity index (χ1) is 10.7.